The van der Waals surface area contributed by atoms with Gasteiger partial charge in [0.2, 0.25) is 0 Å². The molecule has 1 atom stereocenters. The molecule has 0 aliphatic rings. The fourth-order valence-corrected chi connectivity index (χ4v) is 0.738. The van der Waals surface area contributed by atoms with Crippen molar-refractivity contribution in [3.63, 3.8) is 0 Å². The molecular weight excluding hydrogens is 124 g/mol. The van der Waals surface area contributed by atoms with Crippen molar-refractivity contribution in [1.29, 1.82) is 5.26 Å². The molecule has 1 N–H and O–H groups in total. The fraction of sp³-hybridized carbons (Fsp3) is 0.875. The standard InChI is InChI=1S/C8H16N2/c1-6(2)8(5-9)10-7(3)4/h6-8,10H,1-4H3/t8-/m0/s1. The molecule has 0 aliphatic heterocycles. The van der Waals surface area contributed by atoms with E-state index in [1.54, 1.807) is 0 Å². The molecule has 0 aliphatic carbocycles. The number of nitriles is 1. The number of rotatable bonds is 3. The molecule has 0 heterocycles. The maximum atomic E-state index is 8.63. The topological polar surface area (TPSA) is 35.8 Å². The van der Waals surface area contributed by atoms with E-state index in [0.717, 1.165) is 0 Å². The predicted octanol–water partition coefficient (Wildman–Crippen LogP) is 1.53. The molecule has 0 saturated carbocycles. The molecule has 0 fully saturated rings. The first-order chi connectivity index (χ1) is 4.57. The summed E-state index contributed by atoms with van der Waals surface area (Å²) in [4.78, 5) is 0. The van der Waals surface area contributed by atoms with E-state index < -0.39 is 0 Å². The van der Waals surface area contributed by atoms with E-state index in [2.05, 4.69) is 11.4 Å². The summed E-state index contributed by atoms with van der Waals surface area (Å²) in [5.74, 6) is 0.396. The molecule has 10 heavy (non-hydrogen) atoms. The minimum absolute atomic E-state index is 0.000000000000000444. The van der Waals surface area contributed by atoms with Gasteiger partial charge in [0.1, 0.15) is 0 Å². The molecule has 0 unspecified atom stereocenters. The van der Waals surface area contributed by atoms with Crippen molar-refractivity contribution < 1.29 is 0 Å². The summed E-state index contributed by atoms with van der Waals surface area (Å²) in [6.07, 6.45) is 0. The quantitative estimate of drug-likeness (QED) is 0.645. The number of nitrogens with zero attached hydrogens (tertiary/aromatic N) is 1. The Balaban J connectivity index is 3.75. The van der Waals surface area contributed by atoms with E-state index in [-0.39, 0.29) is 6.04 Å². The third-order valence-electron chi connectivity index (χ3n) is 1.32. The number of hydrogen-bond acceptors (Lipinski definition) is 2. The fourth-order valence-electron chi connectivity index (χ4n) is 0.738. The second-order valence-corrected chi connectivity index (χ2v) is 3.17. The third-order valence-corrected chi connectivity index (χ3v) is 1.32. The van der Waals surface area contributed by atoms with Gasteiger partial charge in [0.25, 0.3) is 0 Å². The van der Waals surface area contributed by atoms with Crippen LogP contribution in [0.15, 0.2) is 0 Å². The van der Waals surface area contributed by atoms with Gasteiger partial charge < -0.3 is 0 Å². The summed E-state index contributed by atoms with van der Waals surface area (Å²) >= 11 is 0. The van der Waals surface area contributed by atoms with Crippen LogP contribution in [0.2, 0.25) is 0 Å². The van der Waals surface area contributed by atoms with Crippen molar-refractivity contribution in [3.8, 4) is 6.07 Å². The summed E-state index contributed by atoms with van der Waals surface area (Å²) in [5, 5.41) is 11.8. The molecule has 0 aromatic rings. The lowest BCUT2D eigenvalue weighted by Gasteiger charge is -2.17. The molecule has 0 radical (unpaired) electrons. The lowest BCUT2D eigenvalue weighted by Crippen LogP contribution is -2.37. The first-order valence-corrected chi connectivity index (χ1v) is 3.73. The predicted molar refractivity (Wildman–Crippen MR) is 42.5 cm³/mol. The summed E-state index contributed by atoms with van der Waals surface area (Å²) < 4.78 is 0. The van der Waals surface area contributed by atoms with Crippen LogP contribution in [0.1, 0.15) is 27.7 Å². The Hall–Kier alpha value is -0.550. The Morgan fingerprint density at radius 1 is 1.20 bits per heavy atom. The maximum Gasteiger partial charge on any atom is 0.0978 e. The Bertz CT molecular complexity index is 122. The van der Waals surface area contributed by atoms with E-state index in [0.29, 0.717) is 12.0 Å². The van der Waals surface area contributed by atoms with E-state index >= 15 is 0 Å². The molecule has 2 heteroatoms. The van der Waals surface area contributed by atoms with Gasteiger partial charge in [0.05, 0.1) is 12.1 Å². The van der Waals surface area contributed by atoms with Gasteiger partial charge in [-0.1, -0.05) is 13.8 Å². The van der Waals surface area contributed by atoms with E-state index in [1.807, 2.05) is 27.7 Å². The highest BCUT2D eigenvalue weighted by Gasteiger charge is 2.11. The summed E-state index contributed by atoms with van der Waals surface area (Å²) in [5.41, 5.74) is 0. The average Bonchev–Trinajstić information content (AvgIpc) is 1.81. The molecule has 0 bridgehead atoms. The van der Waals surface area contributed by atoms with Crippen LogP contribution in [0.25, 0.3) is 0 Å². The zero-order chi connectivity index (χ0) is 8.15. The SMILES string of the molecule is CC(C)N[C@@H](C#N)C(C)C. The second-order valence-electron chi connectivity index (χ2n) is 3.17. The van der Waals surface area contributed by atoms with Gasteiger partial charge in [0, 0.05) is 6.04 Å². The molecule has 2 nitrogen and oxygen atoms in total. The first-order valence-electron chi connectivity index (χ1n) is 3.73. The summed E-state index contributed by atoms with van der Waals surface area (Å²) in [6.45, 7) is 8.19. The van der Waals surface area contributed by atoms with Gasteiger partial charge in [-0.2, -0.15) is 5.26 Å². The van der Waals surface area contributed by atoms with Crippen LogP contribution in [0.4, 0.5) is 0 Å². The van der Waals surface area contributed by atoms with Crippen LogP contribution in [-0.2, 0) is 0 Å². The molecule has 0 rings (SSSR count). The monoisotopic (exact) mass is 140 g/mol. The number of hydrogen-bond donors (Lipinski definition) is 1. The summed E-state index contributed by atoms with van der Waals surface area (Å²) in [6, 6.07) is 2.62. The van der Waals surface area contributed by atoms with E-state index in [4.69, 9.17) is 5.26 Å². The normalized spacial score (nSPS) is 13.7. The van der Waals surface area contributed by atoms with Crippen molar-refractivity contribution in [2.45, 2.75) is 39.8 Å². The Morgan fingerprint density at radius 3 is 1.80 bits per heavy atom. The van der Waals surface area contributed by atoms with Gasteiger partial charge >= 0.3 is 0 Å². The first kappa shape index (κ1) is 9.45. The highest BCUT2D eigenvalue weighted by Crippen LogP contribution is 2.00. The highest BCUT2D eigenvalue weighted by atomic mass is 14.9. The van der Waals surface area contributed by atoms with Gasteiger partial charge in [-0.3, -0.25) is 5.32 Å². The van der Waals surface area contributed by atoms with Crippen LogP contribution in [0.5, 0.6) is 0 Å². The molecular formula is C8H16N2. The van der Waals surface area contributed by atoms with Crippen molar-refractivity contribution in [1.82, 2.24) is 5.32 Å². The van der Waals surface area contributed by atoms with Crippen molar-refractivity contribution >= 4 is 0 Å². The lowest BCUT2D eigenvalue weighted by molar-refractivity contribution is 0.436. The molecule has 0 aromatic carbocycles. The maximum absolute atomic E-state index is 8.63. The molecule has 58 valence electrons. The van der Waals surface area contributed by atoms with Crippen molar-refractivity contribution in [2.75, 3.05) is 0 Å². The molecule has 0 spiro atoms. The average molecular weight is 140 g/mol. The minimum atomic E-state index is -0.000000000000000444. The highest BCUT2D eigenvalue weighted by molar-refractivity contribution is 4.92. The van der Waals surface area contributed by atoms with Crippen molar-refractivity contribution in [2.24, 2.45) is 5.92 Å². The lowest BCUT2D eigenvalue weighted by atomic mass is 10.1. The Kier molecular flexibility index (Phi) is 4.06. The van der Waals surface area contributed by atoms with Crippen LogP contribution in [-0.4, -0.2) is 12.1 Å². The Labute approximate surface area is 63.2 Å². The molecule has 0 amide bonds. The van der Waals surface area contributed by atoms with Gasteiger partial charge in [-0.25, -0.2) is 0 Å². The smallest absolute Gasteiger partial charge is 0.0978 e. The van der Waals surface area contributed by atoms with Gasteiger partial charge in [-0.05, 0) is 19.8 Å². The largest absolute Gasteiger partial charge is 0.299 e. The molecule has 0 saturated heterocycles. The summed E-state index contributed by atoms with van der Waals surface area (Å²) in [7, 11) is 0. The molecule has 0 aromatic heterocycles. The Morgan fingerprint density at radius 2 is 1.70 bits per heavy atom. The zero-order valence-corrected chi connectivity index (χ0v) is 7.18. The van der Waals surface area contributed by atoms with Crippen LogP contribution >= 0.6 is 0 Å². The van der Waals surface area contributed by atoms with E-state index in [1.165, 1.54) is 0 Å². The van der Waals surface area contributed by atoms with Crippen LogP contribution < -0.4 is 5.32 Å². The third kappa shape index (κ3) is 3.47. The van der Waals surface area contributed by atoms with Crippen LogP contribution in [0, 0.1) is 17.2 Å². The van der Waals surface area contributed by atoms with Crippen molar-refractivity contribution in [3.05, 3.63) is 0 Å². The minimum Gasteiger partial charge on any atom is -0.299 e. The zero-order valence-electron chi connectivity index (χ0n) is 7.18. The van der Waals surface area contributed by atoms with Crippen LogP contribution in [0.3, 0.4) is 0 Å². The second kappa shape index (κ2) is 4.29. The van der Waals surface area contributed by atoms with Gasteiger partial charge in [0.15, 0.2) is 0 Å². The number of nitrogens with one attached hydrogen (secondary N) is 1. The van der Waals surface area contributed by atoms with Gasteiger partial charge in [-0.15, -0.1) is 0 Å². The van der Waals surface area contributed by atoms with E-state index in [9.17, 15) is 0 Å².